The summed E-state index contributed by atoms with van der Waals surface area (Å²) in [5.41, 5.74) is 7.25. The molecule has 2 aromatic rings. The van der Waals surface area contributed by atoms with Crippen LogP contribution < -0.4 is 5.73 Å². The minimum absolute atomic E-state index is 0.0458. The van der Waals surface area contributed by atoms with Crippen LogP contribution in [-0.4, -0.2) is 40.3 Å². The largest absolute Gasteiger partial charge is 0.398 e. The number of nitrogens with two attached hydrogens (primary N) is 1. The van der Waals surface area contributed by atoms with Crippen molar-refractivity contribution in [2.24, 2.45) is 0 Å². The summed E-state index contributed by atoms with van der Waals surface area (Å²) in [4.78, 5) is 26.0. The molecule has 2 aromatic carbocycles. The molecule has 108 valence electrons. The summed E-state index contributed by atoms with van der Waals surface area (Å²) in [5.74, 6) is -0.920. The van der Waals surface area contributed by atoms with Gasteiger partial charge >= 0.3 is 0 Å². The van der Waals surface area contributed by atoms with Gasteiger partial charge in [-0.25, -0.2) is 0 Å². The highest BCUT2D eigenvalue weighted by atomic mass is 35.5. The van der Waals surface area contributed by atoms with Gasteiger partial charge in [0.05, 0.1) is 18.5 Å². The van der Waals surface area contributed by atoms with Crippen molar-refractivity contribution in [1.29, 1.82) is 0 Å². The summed E-state index contributed by atoms with van der Waals surface area (Å²) in [6.45, 7) is -0.124. The highest BCUT2D eigenvalue weighted by molar-refractivity contribution is 6.26. The Morgan fingerprint density at radius 2 is 1.81 bits per heavy atom. The molecule has 0 fully saturated rings. The zero-order valence-electron chi connectivity index (χ0n) is 11.0. The Kier molecular flexibility index (Phi) is 3.31. The predicted octanol–water partition coefficient (Wildman–Crippen LogP) is 1.62. The fourth-order valence-corrected chi connectivity index (χ4v) is 2.69. The quantitative estimate of drug-likeness (QED) is 0.513. The summed E-state index contributed by atoms with van der Waals surface area (Å²) in [5, 5.41) is 10.9. The van der Waals surface area contributed by atoms with Crippen LogP contribution in [0.15, 0.2) is 30.3 Å². The van der Waals surface area contributed by atoms with Crippen LogP contribution in [0.5, 0.6) is 0 Å². The number of carbonyl (C=O) groups excluding carboxylic acids is 2. The maximum absolute atomic E-state index is 12.5. The molecule has 2 amide bonds. The second-order valence-corrected chi connectivity index (χ2v) is 5.27. The van der Waals surface area contributed by atoms with E-state index in [-0.39, 0.29) is 12.4 Å². The minimum Gasteiger partial charge on any atom is -0.398 e. The SMILES string of the molecule is Nc1ccc2c3c(cccc13)C(=O)N(CC(O)CCl)C2=O. The second-order valence-electron chi connectivity index (χ2n) is 4.96. The number of imide groups is 1. The van der Waals surface area contributed by atoms with E-state index < -0.39 is 17.9 Å². The van der Waals surface area contributed by atoms with E-state index in [2.05, 4.69) is 0 Å². The molecule has 1 unspecified atom stereocenters. The molecule has 6 heteroatoms. The first-order valence-corrected chi connectivity index (χ1v) is 6.99. The van der Waals surface area contributed by atoms with Crippen LogP contribution in [0.4, 0.5) is 5.69 Å². The Balaban J connectivity index is 2.20. The number of carbonyl (C=O) groups is 2. The Hall–Kier alpha value is -2.11. The predicted molar refractivity (Wildman–Crippen MR) is 80.5 cm³/mol. The van der Waals surface area contributed by atoms with Gasteiger partial charge < -0.3 is 10.8 Å². The van der Waals surface area contributed by atoms with E-state index in [1.807, 2.05) is 0 Å². The monoisotopic (exact) mass is 304 g/mol. The van der Waals surface area contributed by atoms with Crippen molar-refractivity contribution in [3.8, 4) is 0 Å². The van der Waals surface area contributed by atoms with E-state index in [9.17, 15) is 14.7 Å². The number of benzene rings is 2. The van der Waals surface area contributed by atoms with E-state index in [0.29, 0.717) is 27.6 Å². The number of aliphatic hydroxyl groups excluding tert-OH is 1. The van der Waals surface area contributed by atoms with Gasteiger partial charge in [0.2, 0.25) is 0 Å². The molecule has 0 bridgehead atoms. The molecule has 21 heavy (non-hydrogen) atoms. The van der Waals surface area contributed by atoms with E-state index in [1.54, 1.807) is 30.3 Å². The third-order valence-corrected chi connectivity index (χ3v) is 3.95. The maximum Gasteiger partial charge on any atom is 0.261 e. The molecule has 1 aliphatic rings. The van der Waals surface area contributed by atoms with Crippen molar-refractivity contribution in [2.45, 2.75) is 6.10 Å². The number of hydrogen-bond donors (Lipinski definition) is 2. The highest BCUT2D eigenvalue weighted by Gasteiger charge is 2.33. The van der Waals surface area contributed by atoms with Gasteiger partial charge in [-0.15, -0.1) is 11.6 Å². The Morgan fingerprint density at radius 3 is 2.48 bits per heavy atom. The van der Waals surface area contributed by atoms with Gasteiger partial charge in [-0.1, -0.05) is 12.1 Å². The molecule has 5 nitrogen and oxygen atoms in total. The third kappa shape index (κ3) is 2.05. The van der Waals surface area contributed by atoms with Gasteiger partial charge in [0.15, 0.2) is 0 Å². The lowest BCUT2D eigenvalue weighted by molar-refractivity contribution is 0.0523. The van der Waals surface area contributed by atoms with Gasteiger partial charge in [0, 0.05) is 27.6 Å². The maximum atomic E-state index is 12.5. The van der Waals surface area contributed by atoms with Gasteiger partial charge in [-0.3, -0.25) is 14.5 Å². The molecule has 1 heterocycles. The van der Waals surface area contributed by atoms with Crippen molar-refractivity contribution in [3.05, 3.63) is 41.5 Å². The normalized spacial score (nSPS) is 15.6. The smallest absolute Gasteiger partial charge is 0.261 e. The Bertz CT molecular complexity index is 738. The molecule has 1 atom stereocenters. The number of nitrogens with zero attached hydrogens (tertiary/aromatic N) is 1. The van der Waals surface area contributed by atoms with E-state index in [4.69, 9.17) is 17.3 Å². The lowest BCUT2D eigenvalue weighted by Crippen LogP contribution is -2.44. The first kappa shape index (κ1) is 13.9. The van der Waals surface area contributed by atoms with Crippen LogP contribution in [0.2, 0.25) is 0 Å². The number of β-amino-alcohol motifs (C(OH)–C–C–N with tert-alkyl or cyclic N) is 1. The molecule has 3 N–H and O–H groups in total. The van der Waals surface area contributed by atoms with Crippen molar-refractivity contribution < 1.29 is 14.7 Å². The average molecular weight is 305 g/mol. The first-order chi connectivity index (χ1) is 10.0. The molecule has 0 spiro atoms. The van der Waals surface area contributed by atoms with Crippen molar-refractivity contribution in [2.75, 3.05) is 18.2 Å². The highest BCUT2D eigenvalue weighted by Crippen LogP contribution is 2.33. The summed E-state index contributed by atoms with van der Waals surface area (Å²) in [6, 6.07) is 8.41. The lowest BCUT2D eigenvalue weighted by Gasteiger charge is -2.28. The van der Waals surface area contributed by atoms with Crippen molar-refractivity contribution >= 4 is 39.9 Å². The number of halogens is 1. The molecule has 1 aliphatic heterocycles. The van der Waals surface area contributed by atoms with Crippen LogP contribution >= 0.6 is 11.6 Å². The van der Waals surface area contributed by atoms with Gasteiger partial charge in [0.1, 0.15) is 0 Å². The van der Waals surface area contributed by atoms with Gasteiger partial charge in [-0.05, 0) is 18.2 Å². The zero-order valence-corrected chi connectivity index (χ0v) is 11.8. The van der Waals surface area contributed by atoms with Crippen LogP contribution in [0.1, 0.15) is 20.7 Å². The Morgan fingerprint density at radius 1 is 1.14 bits per heavy atom. The molecule has 0 aromatic heterocycles. The van der Waals surface area contributed by atoms with Crippen molar-refractivity contribution in [1.82, 2.24) is 4.90 Å². The number of alkyl halides is 1. The zero-order chi connectivity index (χ0) is 15.1. The molecule has 0 radical (unpaired) electrons. The fraction of sp³-hybridized carbons (Fsp3) is 0.200. The molecule has 0 saturated carbocycles. The van der Waals surface area contributed by atoms with E-state index >= 15 is 0 Å². The first-order valence-electron chi connectivity index (χ1n) is 6.46. The van der Waals surface area contributed by atoms with Gasteiger partial charge in [-0.2, -0.15) is 0 Å². The summed E-state index contributed by atoms with van der Waals surface area (Å²) < 4.78 is 0. The number of aliphatic hydroxyl groups is 1. The van der Waals surface area contributed by atoms with Gasteiger partial charge in [0.25, 0.3) is 11.8 Å². The summed E-state index contributed by atoms with van der Waals surface area (Å²) >= 11 is 5.55. The molecular formula is C15H13ClN2O3. The van der Waals surface area contributed by atoms with E-state index in [0.717, 1.165) is 4.90 Å². The van der Waals surface area contributed by atoms with Crippen molar-refractivity contribution in [3.63, 3.8) is 0 Å². The number of rotatable bonds is 3. The summed E-state index contributed by atoms with van der Waals surface area (Å²) in [6.07, 6.45) is -0.950. The third-order valence-electron chi connectivity index (χ3n) is 3.60. The lowest BCUT2D eigenvalue weighted by atomic mass is 9.93. The Labute approximate surface area is 125 Å². The van der Waals surface area contributed by atoms with Crippen LogP contribution in [-0.2, 0) is 0 Å². The summed E-state index contributed by atoms with van der Waals surface area (Å²) in [7, 11) is 0. The van der Waals surface area contributed by atoms with Crippen LogP contribution in [0, 0.1) is 0 Å². The number of amides is 2. The molecular weight excluding hydrogens is 292 g/mol. The minimum atomic E-state index is -0.950. The molecule has 0 saturated heterocycles. The standard InChI is InChI=1S/C15H13ClN2O3/c16-6-8(19)7-18-14(20)10-3-1-2-9-12(17)5-4-11(13(9)10)15(18)21/h1-5,8,19H,6-7,17H2. The number of anilines is 1. The second kappa shape index (κ2) is 5.02. The number of hydrogen-bond acceptors (Lipinski definition) is 4. The fourth-order valence-electron chi connectivity index (χ4n) is 2.59. The topological polar surface area (TPSA) is 83.6 Å². The molecule has 0 aliphatic carbocycles. The van der Waals surface area contributed by atoms with Crippen LogP contribution in [0.25, 0.3) is 10.8 Å². The molecule has 3 rings (SSSR count). The van der Waals surface area contributed by atoms with E-state index in [1.165, 1.54) is 0 Å². The number of nitrogen functional groups attached to an aromatic ring is 1. The van der Waals surface area contributed by atoms with Crippen LogP contribution in [0.3, 0.4) is 0 Å². The average Bonchev–Trinajstić information content (AvgIpc) is 2.50.